The molecule has 0 aliphatic carbocycles. The Kier molecular flexibility index (Phi) is 6.43. The van der Waals surface area contributed by atoms with Crippen LogP contribution in [0.5, 0.6) is 5.75 Å². The summed E-state index contributed by atoms with van der Waals surface area (Å²) >= 11 is 7.68. The minimum Gasteiger partial charge on any atom is -0.495 e. The Morgan fingerprint density at radius 2 is 2.12 bits per heavy atom. The zero-order valence-corrected chi connectivity index (χ0v) is 18.9. The van der Waals surface area contributed by atoms with Crippen LogP contribution in [0.4, 0.5) is 10.1 Å². The van der Waals surface area contributed by atoms with E-state index in [9.17, 15) is 14.0 Å². The quantitative estimate of drug-likeness (QED) is 0.542. The summed E-state index contributed by atoms with van der Waals surface area (Å²) in [4.78, 5) is 27.8. The Balaban J connectivity index is 1.61. The maximum absolute atomic E-state index is 14.5. The van der Waals surface area contributed by atoms with Crippen molar-refractivity contribution in [3.63, 3.8) is 0 Å². The molecule has 0 bridgehead atoms. The van der Waals surface area contributed by atoms with Gasteiger partial charge < -0.3 is 19.4 Å². The van der Waals surface area contributed by atoms with E-state index in [0.29, 0.717) is 22.8 Å². The molecule has 0 saturated carbocycles. The van der Waals surface area contributed by atoms with Gasteiger partial charge in [-0.2, -0.15) is 0 Å². The number of rotatable bonds is 6. The lowest BCUT2D eigenvalue weighted by atomic mass is 10.1. The van der Waals surface area contributed by atoms with Crippen LogP contribution >= 0.6 is 23.4 Å². The second kappa shape index (κ2) is 9.26. The van der Waals surface area contributed by atoms with Gasteiger partial charge in [0.05, 0.1) is 42.4 Å². The number of carbonyl (C=O) groups excluding carboxylic acids is 2. The monoisotopic (exact) mass is 474 g/mol. The number of furan rings is 1. The first-order valence-corrected chi connectivity index (χ1v) is 11.1. The molecule has 32 heavy (non-hydrogen) atoms. The van der Waals surface area contributed by atoms with Gasteiger partial charge in [-0.1, -0.05) is 11.6 Å². The predicted molar refractivity (Wildman–Crippen MR) is 121 cm³/mol. The van der Waals surface area contributed by atoms with Crippen LogP contribution in [0.15, 0.2) is 58.0 Å². The summed E-state index contributed by atoms with van der Waals surface area (Å²) in [6.07, 6.45) is 1.54. The van der Waals surface area contributed by atoms with Gasteiger partial charge in [-0.25, -0.2) is 4.39 Å². The van der Waals surface area contributed by atoms with Gasteiger partial charge in [0.25, 0.3) is 5.91 Å². The van der Waals surface area contributed by atoms with E-state index < -0.39 is 11.1 Å². The molecule has 0 fully saturated rings. The first-order chi connectivity index (χ1) is 15.4. The molecule has 0 spiro atoms. The molecular formula is C23H20ClFN2O4S. The number of hydrogen-bond acceptors (Lipinski definition) is 5. The van der Waals surface area contributed by atoms with Crippen LogP contribution in [0.2, 0.25) is 5.02 Å². The van der Waals surface area contributed by atoms with Gasteiger partial charge in [-0.3, -0.25) is 9.59 Å². The second-order valence-electron chi connectivity index (χ2n) is 7.17. The predicted octanol–water partition coefficient (Wildman–Crippen LogP) is 5.04. The molecule has 0 saturated heterocycles. The number of amides is 2. The van der Waals surface area contributed by atoms with Crippen molar-refractivity contribution in [2.75, 3.05) is 12.0 Å². The van der Waals surface area contributed by atoms with Crippen molar-refractivity contribution >= 4 is 40.9 Å². The lowest BCUT2D eigenvalue weighted by Gasteiger charge is -2.33. The topological polar surface area (TPSA) is 71.8 Å². The molecule has 2 amide bonds. The second-order valence-corrected chi connectivity index (χ2v) is 8.93. The Morgan fingerprint density at radius 1 is 1.31 bits per heavy atom. The van der Waals surface area contributed by atoms with E-state index in [1.807, 2.05) is 0 Å². The van der Waals surface area contributed by atoms with Gasteiger partial charge in [0.1, 0.15) is 17.3 Å². The number of fused-ring (bicyclic) bond motifs is 1. The summed E-state index contributed by atoms with van der Waals surface area (Å²) in [5, 5.41) is 2.52. The number of methoxy groups -OCH3 is 1. The van der Waals surface area contributed by atoms with Crippen LogP contribution in [-0.4, -0.2) is 24.2 Å². The van der Waals surface area contributed by atoms with Gasteiger partial charge in [0, 0.05) is 16.0 Å². The molecule has 4 rings (SSSR count). The van der Waals surface area contributed by atoms with Gasteiger partial charge >= 0.3 is 0 Å². The van der Waals surface area contributed by atoms with E-state index in [1.54, 1.807) is 43.5 Å². The SMILES string of the molecule is COc1ccc(F)c(CN2C(=O)C(C)Sc3cc(C(=O)NCc4ccco4)ccc32)c1Cl. The molecule has 1 aromatic heterocycles. The highest BCUT2D eigenvalue weighted by Gasteiger charge is 2.32. The van der Waals surface area contributed by atoms with Crippen LogP contribution < -0.4 is 15.0 Å². The van der Waals surface area contributed by atoms with Crippen molar-refractivity contribution in [2.24, 2.45) is 0 Å². The zero-order valence-electron chi connectivity index (χ0n) is 17.4. The van der Waals surface area contributed by atoms with Crippen molar-refractivity contribution < 1.29 is 23.1 Å². The molecule has 1 unspecified atom stereocenters. The molecule has 2 heterocycles. The van der Waals surface area contributed by atoms with Crippen LogP contribution in [0, 0.1) is 5.82 Å². The molecule has 6 nitrogen and oxygen atoms in total. The number of ether oxygens (including phenoxy) is 1. The molecule has 166 valence electrons. The number of thioether (sulfide) groups is 1. The third-order valence-corrected chi connectivity index (χ3v) is 6.67. The molecule has 1 aliphatic heterocycles. The standard InChI is InChI=1S/C23H20ClFN2O4S/c1-13-23(29)27(12-16-17(25)6-8-19(30-2)21(16)24)18-7-5-14(10-20(18)32-13)22(28)26-11-15-4-3-9-31-15/h3-10,13H,11-12H2,1-2H3,(H,26,28). The van der Waals surface area contributed by atoms with E-state index in [2.05, 4.69) is 5.32 Å². The third kappa shape index (κ3) is 4.33. The number of carbonyl (C=O) groups is 2. The summed E-state index contributed by atoms with van der Waals surface area (Å²) in [5.74, 6) is 0.0237. The van der Waals surface area contributed by atoms with Gasteiger partial charge in [0.15, 0.2) is 0 Å². The number of hydrogen-bond donors (Lipinski definition) is 1. The van der Waals surface area contributed by atoms with Gasteiger partial charge in [-0.15, -0.1) is 11.8 Å². The Bertz CT molecular complexity index is 1170. The average molecular weight is 475 g/mol. The van der Waals surface area contributed by atoms with Gasteiger partial charge in [-0.05, 0) is 49.4 Å². The molecule has 1 aliphatic rings. The van der Waals surface area contributed by atoms with Crippen molar-refractivity contribution in [3.05, 3.63) is 76.5 Å². The van der Waals surface area contributed by atoms with Crippen molar-refractivity contribution in [3.8, 4) is 5.75 Å². The normalized spacial score (nSPS) is 15.4. The van der Waals surface area contributed by atoms with Crippen molar-refractivity contribution in [2.45, 2.75) is 30.2 Å². The van der Waals surface area contributed by atoms with Crippen LogP contribution in [0.3, 0.4) is 0 Å². The van der Waals surface area contributed by atoms with E-state index in [0.717, 1.165) is 4.90 Å². The fourth-order valence-electron chi connectivity index (χ4n) is 3.43. The molecule has 3 aromatic rings. The summed E-state index contributed by atoms with van der Waals surface area (Å²) in [7, 11) is 1.45. The Labute approximate surface area is 193 Å². The van der Waals surface area contributed by atoms with Gasteiger partial charge in [0.2, 0.25) is 5.91 Å². The van der Waals surface area contributed by atoms with Crippen LogP contribution in [0.1, 0.15) is 28.6 Å². The summed E-state index contributed by atoms with van der Waals surface area (Å²) in [6, 6.07) is 11.3. The van der Waals surface area contributed by atoms with E-state index in [1.165, 1.54) is 35.9 Å². The first kappa shape index (κ1) is 22.2. The fourth-order valence-corrected chi connectivity index (χ4v) is 4.83. The van der Waals surface area contributed by atoms with E-state index in [4.69, 9.17) is 20.8 Å². The van der Waals surface area contributed by atoms with Crippen molar-refractivity contribution in [1.82, 2.24) is 5.32 Å². The lowest BCUT2D eigenvalue weighted by Crippen LogP contribution is -2.39. The van der Waals surface area contributed by atoms with Crippen molar-refractivity contribution in [1.29, 1.82) is 0 Å². The highest BCUT2D eigenvalue weighted by Crippen LogP contribution is 2.41. The third-order valence-electron chi connectivity index (χ3n) is 5.12. The number of nitrogens with one attached hydrogen (secondary N) is 1. The highest BCUT2D eigenvalue weighted by atomic mass is 35.5. The largest absolute Gasteiger partial charge is 0.495 e. The number of benzene rings is 2. The maximum atomic E-state index is 14.5. The number of anilines is 1. The van der Waals surface area contributed by atoms with E-state index >= 15 is 0 Å². The van der Waals surface area contributed by atoms with Crippen LogP contribution in [0.25, 0.3) is 0 Å². The molecule has 1 atom stereocenters. The van der Waals surface area contributed by atoms with Crippen LogP contribution in [-0.2, 0) is 17.9 Å². The Hall–Kier alpha value is -2.97. The minimum atomic E-state index is -0.523. The summed E-state index contributed by atoms with van der Waals surface area (Å²) in [6.45, 7) is 1.99. The number of halogens is 2. The molecule has 2 aromatic carbocycles. The molecule has 1 N–H and O–H groups in total. The Morgan fingerprint density at radius 3 is 2.84 bits per heavy atom. The molecule has 9 heteroatoms. The maximum Gasteiger partial charge on any atom is 0.251 e. The highest BCUT2D eigenvalue weighted by molar-refractivity contribution is 8.01. The average Bonchev–Trinajstić information content (AvgIpc) is 3.30. The summed E-state index contributed by atoms with van der Waals surface area (Å²) in [5.41, 5.74) is 1.22. The lowest BCUT2D eigenvalue weighted by molar-refractivity contribution is -0.118. The zero-order chi connectivity index (χ0) is 22.8. The fraction of sp³-hybridized carbons (Fsp3) is 0.217. The smallest absolute Gasteiger partial charge is 0.251 e. The molecular weight excluding hydrogens is 455 g/mol. The minimum absolute atomic E-state index is 0.0529. The first-order valence-electron chi connectivity index (χ1n) is 9.82. The summed E-state index contributed by atoms with van der Waals surface area (Å²) < 4.78 is 25.0. The van der Waals surface area contributed by atoms with E-state index in [-0.39, 0.29) is 35.5 Å². The molecule has 0 radical (unpaired) electrons. The number of nitrogens with zero attached hydrogens (tertiary/aromatic N) is 1.